The van der Waals surface area contributed by atoms with Gasteiger partial charge in [-0.3, -0.25) is 9.36 Å². The molecule has 53 heavy (non-hydrogen) atoms. The molecule has 0 saturated heterocycles. The van der Waals surface area contributed by atoms with Crippen molar-refractivity contribution in [3.8, 4) is 0 Å². The van der Waals surface area contributed by atoms with Crippen LogP contribution in [-0.4, -0.2) is 64.1 Å². The largest absolute Gasteiger partial charge is 0.756 e. The molecule has 0 aliphatic rings. The first-order valence-corrected chi connectivity index (χ1v) is 23.6. The van der Waals surface area contributed by atoms with Gasteiger partial charge in [0.2, 0.25) is 0 Å². The van der Waals surface area contributed by atoms with Crippen LogP contribution in [0.2, 0.25) is 0 Å². The number of esters is 1. The normalized spacial score (nSPS) is 13.9. The number of likely N-dealkylation sites (N-methyl/N-ethyl adjacent to an activating group) is 1. The van der Waals surface area contributed by atoms with Gasteiger partial charge in [-0.05, 0) is 51.0 Å². The van der Waals surface area contributed by atoms with Gasteiger partial charge in [-0.2, -0.15) is 0 Å². The smallest absolute Gasteiger partial charge is 0.306 e. The Bertz CT molecular complexity index is 905. The van der Waals surface area contributed by atoms with Gasteiger partial charge in [-0.25, -0.2) is 0 Å². The molecule has 0 aromatic carbocycles. The number of unbranched alkanes of at least 4 members (excludes halogenated alkanes) is 25. The second-order valence-corrected chi connectivity index (χ2v) is 17.5. The Kier molecular flexibility index (Phi) is 36.9. The molecule has 2 atom stereocenters. The van der Waals surface area contributed by atoms with Crippen molar-refractivity contribution < 1.29 is 37.3 Å². The van der Waals surface area contributed by atoms with Gasteiger partial charge in [0.1, 0.15) is 19.8 Å². The summed E-state index contributed by atoms with van der Waals surface area (Å²) in [6.07, 6.45) is 42.8. The van der Waals surface area contributed by atoms with E-state index >= 15 is 0 Å². The van der Waals surface area contributed by atoms with E-state index in [4.69, 9.17) is 18.5 Å². The van der Waals surface area contributed by atoms with Crippen LogP contribution in [0.5, 0.6) is 0 Å². The number of ether oxygens (including phenoxy) is 2. The van der Waals surface area contributed by atoms with Crippen molar-refractivity contribution in [3.05, 3.63) is 24.5 Å². The number of allylic oxidation sites excluding steroid dienone is 3. The van der Waals surface area contributed by atoms with Crippen LogP contribution in [0.1, 0.15) is 200 Å². The molecule has 0 N–H and O–H groups in total. The van der Waals surface area contributed by atoms with E-state index < -0.39 is 13.9 Å². The molecule has 0 heterocycles. The van der Waals surface area contributed by atoms with Crippen molar-refractivity contribution in [1.29, 1.82) is 0 Å². The zero-order valence-electron chi connectivity index (χ0n) is 35.5. The Morgan fingerprint density at radius 3 is 1.45 bits per heavy atom. The molecule has 0 rings (SSSR count). The first-order valence-electron chi connectivity index (χ1n) is 22.1. The molecule has 0 aliphatic heterocycles. The first kappa shape index (κ1) is 51.8. The Balaban J connectivity index is 4.28. The molecule has 0 amide bonds. The van der Waals surface area contributed by atoms with E-state index in [9.17, 15) is 14.3 Å². The topological polar surface area (TPSA) is 94.1 Å². The summed E-state index contributed by atoms with van der Waals surface area (Å²) in [5, 5.41) is 0. The minimum atomic E-state index is -4.54. The summed E-state index contributed by atoms with van der Waals surface area (Å²) in [4.78, 5) is 25.0. The molecule has 0 spiro atoms. The van der Waals surface area contributed by atoms with Crippen molar-refractivity contribution in [2.45, 2.75) is 206 Å². The number of hydrogen-bond donors (Lipinski definition) is 0. The summed E-state index contributed by atoms with van der Waals surface area (Å²) in [5.74, 6) is -0.363. The summed E-state index contributed by atoms with van der Waals surface area (Å²) >= 11 is 0. The van der Waals surface area contributed by atoms with Gasteiger partial charge in [0.05, 0.1) is 34.0 Å². The van der Waals surface area contributed by atoms with E-state index in [1.807, 2.05) is 27.2 Å². The highest BCUT2D eigenvalue weighted by atomic mass is 31.2. The zero-order chi connectivity index (χ0) is 39.1. The van der Waals surface area contributed by atoms with Crippen LogP contribution >= 0.6 is 7.82 Å². The predicted octanol–water partition coefficient (Wildman–Crippen LogP) is 12.5. The highest BCUT2D eigenvalue weighted by Crippen LogP contribution is 2.38. The van der Waals surface area contributed by atoms with Crippen LogP contribution < -0.4 is 4.89 Å². The van der Waals surface area contributed by atoms with Crippen molar-refractivity contribution in [2.75, 3.05) is 47.5 Å². The summed E-state index contributed by atoms with van der Waals surface area (Å²) in [7, 11) is 1.32. The third kappa shape index (κ3) is 41.8. The average molecular weight is 772 g/mol. The maximum atomic E-state index is 12.6. The highest BCUT2D eigenvalue weighted by Gasteiger charge is 2.20. The number of carbonyl (C=O) groups excluding carboxylic acids is 1. The van der Waals surface area contributed by atoms with Crippen LogP contribution in [0.4, 0.5) is 0 Å². The number of phosphoric acid groups is 1. The minimum absolute atomic E-state index is 0.0166. The fraction of sp³-hybridized carbons (Fsp3) is 0.886. The molecular weight excluding hydrogens is 685 g/mol. The third-order valence-electron chi connectivity index (χ3n) is 9.57. The van der Waals surface area contributed by atoms with Crippen molar-refractivity contribution in [2.24, 2.45) is 0 Å². The van der Waals surface area contributed by atoms with Gasteiger partial charge in [-0.15, -0.1) is 0 Å². The van der Waals surface area contributed by atoms with Crippen molar-refractivity contribution in [1.82, 2.24) is 0 Å². The molecule has 0 aromatic rings. The molecule has 0 bridgehead atoms. The number of phosphoric ester groups is 1. The second kappa shape index (κ2) is 37.7. The van der Waals surface area contributed by atoms with Crippen LogP contribution in [-0.2, 0) is 27.9 Å². The molecule has 0 aromatic heterocycles. The molecule has 314 valence electrons. The average Bonchev–Trinajstić information content (AvgIpc) is 3.11. The monoisotopic (exact) mass is 772 g/mol. The quantitative estimate of drug-likeness (QED) is 0.0152. The molecule has 0 aliphatic carbocycles. The van der Waals surface area contributed by atoms with Crippen LogP contribution in [0, 0.1) is 0 Å². The lowest BCUT2D eigenvalue weighted by Crippen LogP contribution is -2.37. The van der Waals surface area contributed by atoms with E-state index in [2.05, 4.69) is 26.0 Å². The molecule has 0 fully saturated rings. The maximum Gasteiger partial charge on any atom is 0.306 e. The standard InChI is InChI=1S/C44H86NO7P/c1-6-8-10-12-14-16-18-20-22-24-26-28-30-32-34-36-39-49-41-43(42-51-53(47,48)50-40-38-45(3,4)5)52-44(46)37-35-33-31-29-27-25-23-21-19-17-15-13-11-9-7-2/h21,23,36,39,43H,6-20,22,24-35,37-38,40-42H2,1-5H3/b23-21-,39-36-/t43-/m1/s1. The Morgan fingerprint density at radius 2 is 1.00 bits per heavy atom. The second-order valence-electron chi connectivity index (χ2n) is 16.1. The third-order valence-corrected chi connectivity index (χ3v) is 10.5. The van der Waals surface area contributed by atoms with E-state index in [-0.39, 0.29) is 25.8 Å². The van der Waals surface area contributed by atoms with Crippen molar-refractivity contribution >= 4 is 13.8 Å². The summed E-state index contributed by atoms with van der Waals surface area (Å²) < 4.78 is 34.3. The lowest BCUT2D eigenvalue weighted by molar-refractivity contribution is -0.870. The highest BCUT2D eigenvalue weighted by molar-refractivity contribution is 7.45. The molecular formula is C44H86NO7P. The summed E-state index contributed by atoms with van der Waals surface area (Å²) in [5.41, 5.74) is 0. The first-order chi connectivity index (χ1) is 25.6. The van der Waals surface area contributed by atoms with E-state index in [0.717, 1.165) is 44.9 Å². The summed E-state index contributed by atoms with van der Waals surface area (Å²) in [6.45, 7) is 4.74. The van der Waals surface area contributed by atoms with Gasteiger partial charge in [0.15, 0.2) is 6.10 Å². The Hall–Kier alpha value is -1.18. The van der Waals surface area contributed by atoms with Gasteiger partial charge < -0.3 is 27.9 Å². The number of quaternary nitrogens is 1. The van der Waals surface area contributed by atoms with Gasteiger partial charge in [0.25, 0.3) is 7.82 Å². The molecule has 8 nitrogen and oxygen atoms in total. The van der Waals surface area contributed by atoms with Gasteiger partial charge >= 0.3 is 5.97 Å². The van der Waals surface area contributed by atoms with Gasteiger partial charge in [-0.1, -0.05) is 161 Å². The van der Waals surface area contributed by atoms with E-state index in [1.54, 1.807) is 6.26 Å². The Morgan fingerprint density at radius 1 is 0.585 bits per heavy atom. The lowest BCUT2D eigenvalue weighted by Gasteiger charge is -2.28. The molecule has 0 saturated carbocycles. The fourth-order valence-electron chi connectivity index (χ4n) is 6.09. The maximum absolute atomic E-state index is 12.6. The van der Waals surface area contributed by atoms with Crippen LogP contribution in [0.25, 0.3) is 0 Å². The SMILES string of the molecule is CCCCCCCC/C=C\CCCCCCCC(=O)O[C@H](CO/C=C\CCCCCCCCCCCCCCCC)COP(=O)([O-])OCC[N+](C)(C)C. The predicted molar refractivity (Wildman–Crippen MR) is 222 cm³/mol. The van der Waals surface area contributed by atoms with Gasteiger partial charge in [0, 0.05) is 6.42 Å². The number of rotatable bonds is 41. The molecule has 9 heteroatoms. The fourth-order valence-corrected chi connectivity index (χ4v) is 6.82. The van der Waals surface area contributed by atoms with Crippen LogP contribution in [0.3, 0.4) is 0 Å². The number of carbonyl (C=O) groups is 1. The minimum Gasteiger partial charge on any atom is -0.756 e. The lowest BCUT2D eigenvalue weighted by atomic mass is 10.0. The number of nitrogens with zero attached hydrogens (tertiary/aromatic N) is 1. The number of hydrogen-bond acceptors (Lipinski definition) is 7. The van der Waals surface area contributed by atoms with Crippen molar-refractivity contribution in [3.63, 3.8) is 0 Å². The van der Waals surface area contributed by atoms with E-state index in [1.165, 1.54) is 135 Å². The molecule has 0 radical (unpaired) electrons. The molecule has 1 unspecified atom stereocenters. The van der Waals surface area contributed by atoms with E-state index in [0.29, 0.717) is 17.4 Å². The summed E-state index contributed by atoms with van der Waals surface area (Å²) in [6, 6.07) is 0. The van der Waals surface area contributed by atoms with Crippen LogP contribution in [0.15, 0.2) is 24.5 Å². The Labute approximate surface area is 328 Å². The zero-order valence-corrected chi connectivity index (χ0v) is 36.4.